The molecule has 7 aromatic carbocycles. The third-order valence-corrected chi connectivity index (χ3v) is 11.3. The van der Waals surface area contributed by atoms with Gasteiger partial charge < -0.3 is 24.8 Å². The summed E-state index contributed by atoms with van der Waals surface area (Å²) in [6.45, 7) is 13.7. The number of rotatable bonds is 2. The van der Waals surface area contributed by atoms with E-state index < -0.39 is 0 Å². The molecule has 0 saturated heterocycles. The van der Waals surface area contributed by atoms with E-state index in [0.29, 0.717) is 0 Å². The molecule has 0 spiro atoms. The topological polar surface area (TPSA) is 0 Å². The van der Waals surface area contributed by atoms with Crippen molar-refractivity contribution in [1.82, 2.24) is 0 Å². The number of hydrogen-bond acceptors (Lipinski definition) is 0. The maximum Gasteiger partial charge on any atom is -0.109 e. The molecular formula is C47H42Cl4Zr-2. The van der Waals surface area contributed by atoms with Crippen molar-refractivity contribution in [1.29, 1.82) is 0 Å². The molecule has 1 aliphatic rings. The Kier molecular flexibility index (Phi) is 14.1. The summed E-state index contributed by atoms with van der Waals surface area (Å²) in [5.41, 5.74) is 5.67. The van der Waals surface area contributed by atoms with E-state index in [-0.39, 0.29) is 35.6 Å². The van der Waals surface area contributed by atoms with Gasteiger partial charge in [0.25, 0.3) is 0 Å². The Morgan fingerprint density at radius 1 is 0.577 bits per heavy atom. The van der Waals surface area contributed by atoms with Crippen LogP contribution in [0.5, 0.6) is 0 Å². The minimum Gasteiger partial charge on any atom is -1.00 e. The summed E-state index contributed by atoms with van der Waals surface area (Å²) >= 11 is 14.1. The van der Waals surface area contributed by atoms with Gasteiger partial charge in [0.1, 0.15) is 0 Å². The summed E-state index contributed by atoms with van der Waals surface area (Å²) in [6, 6.07) is 41.0. The molecule has 52 heavy (non-hydrogen) atoms. The molecule has 7 aromatic rings. The van der Waals surface area contributed by atoms with Gasteiger partial charge in [-0.3, -0.25) is 6.08 Å². The predicted molar refractivity (Wildman–Crippen MR) is 217 cm³/mol. The number of benzene rings is 6. The van der Waals surface area contributed by atoms with Crippen molar-refractivity contribution in [3.63, 3.8) is 0 Å². The van der Waals surface area contributed by atoms with E-state index in [2.05, 4.69) is 145 Å². The van der Waals surface area contributed by atoms with Crippen molar-refractivity contribution in [2.45, 2.75) is 58.8 Å². The molecule has 0 amide bonds. The van der Waals surface area contributed by atoms with Gasteiger partial charge in [0.2, 0.25) is 0 Å². The average Bonchev–Trinajstić information content (AvgIpc) is 3.80. The van der Waals surface area contributed by atoms with E-state index in [1.54, 1.807) is 0 Å². The van der Waals surface area contributed by atoms with Crippen LogP contribution in [0.15, 0.2) is 133 Å². The van der Waals surface area contributed by atoms with Gasteiger partial charge in [0, 0.05) is 0 Å². The molecule has 0 heterocycles. The van der Waals surface area contributed by atoms with E-state index >= 15 is 0 Å². The van der Waals surface area contributed by atoms with E-state index in [1.165, 1.54) is 82.0 Å². The average molecular weight is 840 g/mol. The van der Waals surface area contributed by atoms with Gasteiger partial charge in [-0.05, 0) is 10.8 Å². The van der Waals surface area contributed by atoms with E-state index in [4.69, 9.17) is 23.2 Å². The molecule has 8 rings (SSSR count). The number of halogens is 4. The predicted octanol–water partition coefficient (Wildman–Crippen LogP) is 8.04. The van der Waals surface area contributed by atoms with Gasteiger partial charge in [-0.2, -0.15) is 6.08 Å². The molecule has 5 heteroatoms. The van der Waals surface area contributed by atoms with E-state index in [9.17, 15) is 0 Å². The van der Waals surface area contributed by atoms with Crippen LogP contribution >= 0.6 is 23.2 Å². The minimum absolute atomic E-state index is 0. The first-order chi connectivity index (χ1) is 23.8. The Hall–Kier alpha value is -2.90. The third-order valence-electron chi connectivity index (χ3n) is 9.31. The van der Waals surface area contributed by atoms with Crippen molar-refractivity contribution in [2.75, 3.05) is 0 Å². The molecule has 1 aliphatic carbocycles. The van der Waals surface area contributed by atoms with Gasteiger partial charge in [-0.15, -0.1) is 46.2 Å². The molecule has 0 fully saturated rings. The monoisotopic (exact) mass is 836 g/mol. The SMILES string of the molecule is CC(C)(C)c1ccc2[cH-]c3ccc(C(C)(C)C)cc3c2c1.Clc1ccc([C](=[Zr+2])c2ccc(Cl)c3ccccc23)c2ccccc12.[C-]1=CC=CC1.[Cl-].[Cl-]. The van der Waals surface area contributed by atoms with Crippen LogP contribution in [0.3, 0.4) is 0 Å². The second-order valence-corrected chi connectivity index (χ2v) is 17.0. The zero-order chi connectivity index (χ0) is 35.6. The summed E-state index contributed by atoms with van der Waals surface area (Å²) < 4.78 is 1.31. The summed E-state index contributed by atoms with van der Waals surface area (Å²) in [4.78, 5) is 0. The Labute approximate surface area is 346 Å². The van der Waals surface area contributed by atoms with Crippen molar-refractivity contribution in [2.24, 2.45) is 0 Å². The second kappa shape index (κ2) is 17.5. The molecule has 0 bridgehead atoms. The fourth-order valence-corrected chi connectivity index (χ4v) is 7.90. The van der Waals surface area contributed by atoms with Crippen molar-refractivity contribution >= 4 is 69.5 Å². The molecule has 0 aliphatic heterocycles. The van der Waals surface area contributed by atoms with Gasteiger partial charge in [-0.25, -0.2) is 12.2 Å². The van der Waals surface area contributed by atoms with Gasteiger partial charge in [0.15, 0.2) is 0 Å². The van der Waals surface area contributed by atoms with E-state index in [1.807, 2.05) is 36.4 Å². The first kappa shape index (κ1) is 41.9. The zero-order valence-corrected chi connectivity index (χ0v) is 35.9. The second-order valence-electron chi connectivity index (χ2n) is 14.9. The van der Waals surface area contributed by atoms with Crippen LogP contribution in [0.4, 0.5) is 0 Å². The van der Waals surface area contributed by atoms with Crippen molar-refractivity contribution in [3.05, 3.63) is 172 Å². The maximum absolute atomic E-state index is 6.38. The first-order valence-electron chi connectivity index (χ1n) is 17.1. The molecule has 0 N–H and O–H groups in total. The molecule has 0 radical (unpaired) electrons. The fraction of sp³-hybridized carbons (Fsp3) is 0.191. The quantitative estimate of drug-likeness (QED) is 0.155. The van der Waals surface area contributed by atoms with Crippen LogP contribution in [0.25, 0.3) is 43.1 Å². The van der Waals surface area contributed by atoms with E-state index in [0.717, 1.165) is 27.2 Å². The third kappa shape index (κ3) is 9.24. The Bertz CT molecular complexity index is 2250. The Morgan fingerprint density at radius 3 is 1.35 bits per heavy atom. The molecule has 0 atom stereocenters. The van der Waals surface area contributed by atoms with Gasteiger partial charge in [0.05, 0.1) is 0 Å². The number of allylic oxidation sites excluding steroid dienone is 4. The number of hydrogen-bond donors (Lipinski definition) is 0. The van der Waals surface area contributed by atoms with Crippen LogP contribution in [0.1, 0.15) is 70.2 Å². The molecule has 0 saturated carbocycles. The van der Waals surface area contributed by atoms with Crippen LogP contribution in [0.2, 0.25) is 10.0 Å². The summed E-state index contributed by atoms with van der Waals surface area (Å²) in [5, 5.41) is 11.6. The molecule has 0 unspecified atom stereocenters. The first-order valence-corrected chi connectivity index (χ1v) is 19.1. The van der Waals surface area contributed by atoms with Gasteiger partial charge in [-0.1, -0.05) is 76.9 Å². The Balaban J connectivity index is 0.000000199. The maximum atomic E-state index is 6.38. The summed E-state index contributed by atoms with van der Waals surface area (Å²) in [5.74, 6) is 0. The summed E-state index contributed by atoms with van der Waals surface area (Å²) in [6.07, 6.45) is 10.0. The van der Waals surface area contributed by atoms with Crippen LogP contribution in [-0.4, -0.2) is 3.21 Å². The van der Waals surface area contributed by atoms with Crippen molar-refractivity contribution in [3.8, 4) is 0 Å². The standard InChI is InChI=1S/C21H12Cl2.C21H25.C5H5.2ClH.Zr/c22-20-11-9-14(16-5-1-3-7-18(16)20)13-15-10-12-21(23)19-8-4-2-6-17(15)19;1-20(2,3)16-9-7-14-11-15-8-10-17(21(4,5)6)13-19(15)18(14)12-16;1-2-4-5-3-1;;;/h1-12H;7-13H,1-6H3;1-3H,4H2;2*1H;/q;2*-1;;;+2/p-2. The molecule has 0 aromatic heterocycles. The smallest absolute Gasteiger partial charge is 0.109 e. The van der Waals surface area contributed by atoms with Crippen LogP contribution < -0.4 is 24.8 Å². The minimum atomic E-state index is 0. The summed E-state index contributed by atoms with van der Waals surface area (Å²) in [7, 11) is 0. The van der Waals surface area contributed by atoms with Crippen LogP contribution in [-0.2, 0) is 35.1 Å². The Morgan fingerprint density at radius 2 is 1.00 bits per heavy atom. The zero-order valence-electron chi connectivity index (χ0n) is 30.4. The number of fused-ring (bicyclic) bond motifs is 5. The molecule has 264 valence electrons. The molecular weight excluding hydrogens is 798 g/mol. The van der Waals surface area contributed by atoms with Crippen LogP contribution in [0, 0.1) is 6.08 Å². The van der Waals surface area contributed by atoms with Crippen molar-refractivity contribution < 1.29 is 49.0 Å². The largest absolute Gasteiger partial charge is 1.00 e. The molecule has 0 nitrogen and oxygen atoms in total. The van der Waals surface area contributed by atoms with Gasteiger partial charge >= 0.3 is 166 Å². The fourth-order valence-electron chi connectivity index (χ4n) is 6.38. The normalized spacial score (nSPS) is 12.2.